The molecule has 1 aromatic heterocycles. The summed E-state index contributed by atoms with van der Waals surface area (Å²) in [5, 5.41) is 3.19. The van der Waals surface area contributed by atoms with E-state index in [4.69, 9.17) is 0 Å². The number of hydrogen-bond acceptors (Lipinski definition) is 3. The minimum Gasteiger partial charge on any atom is -0.349 e. The number of aryl methyl sites for hydroxylation is 2. The van der Waals surface area contributed by atoms with Crippen molar-refractivity contribution < 1.29 is 4.79 Å². The molecule has 0 aliphatic carbocycles. The number of nitrogens with zero attached hydrogens (tertiary/aromatic N) is 1. The molecule has 1 amide bonds. The van der Waals surface area contributed by atoms with E-state index >= 15 is 0 Å². The lowest BCUT2D eigenvalue weighted by Gasteiger charge is -2.31. The first-order valence-corrected chi connectivity index (χ1v) is 8.08. The first-order chi connectivity index (χ1) is 9.13. The summed E-state index contributed by atoms with van der Waals surface area (Å²) in [5.41, 5.74) is 1.25. The zero-order chi connectivity index (χ0) is 13.8. The molecular weight excluding hydrogens is 256 g/mol. The number of carbonyl (C=O) groups is 1. The summed E-state index contributed by atoms with van der Waals surface area (Å²) >= 11 is 1.64. The highest BCUT2D eigenvalue weighted by molar-refractivity contribution is 7.14. The van der Waals surface area contributed by atoms with E-state index in [9.17, 15) is 4.79 Å². The van der Waals surface area contributed by atoms with Crippen molar-refractivity contribution in [2.75, 3.05) is 19.6 Å². The number of amides is 1. The number of piperidine rings is 1. The molecule has 0 unspecified atom stereocenters. The Morgan fingerprint density at radius 3 is 2.63 bits per heavy atom. The topological polar surface area (TPSA) is 32.3 Å². The van der Waals surface area contributed by atoms with Crippen LogP contribution in [0.25, 0.3) is 0 Å². The molecule has 1 aromatic rings. The summed E-state index contributed by atoms with van der Waals surface area (Å²) in [7, 11) is 0. The van der Waals surface area contributed by atoms with Gasteiger partial charge in [-0.05, 0) is 44.4 Å². The van der Waals surface area contributed by atoms with Gasteiger partial charge in [0.1, 0.15) is 0 Å². The van der Waals surface area contributed by atoms with Crippen LogP contribution in [0.1, 0.15) is 46.8 Å². The van der Waals surface area contributed by atoms with Crippen LogP contribution in [0.5, 0.6) is 0 Å². The van der Waals surface area contributed by atoms with Crippen LogP contribution in [-0.4, -0.2) is 36.5 Å². The molecule has 1 aliphatic rings. The zero-order valence-corrected chi connectivity index (χ0v) is 13.0. The molecular formula is C15H24N2OS. The maximum Gasteiger partial charge on any atom is 0.261 e. The molecule has 2 heterocycles. The predicted molar refractivity (Wildman–Crippen MR) is 81.0 cm³/mol. The Labute approximate surface area is 120 Å². The quantitative estimate of drug-likeness (QED) is 0.920. The number of likely N-dealkylation sites (tertiary alicyclic amines) is 1. The van der Waals surface area contributed by atoms with Crippen LogP contribution >= 0.6 is 11.3 Å². The highest BCUT2D eigenvalue weighted by Gasteiger charge is 2.21. The Balaban J connectivity index is 1.90. The van der Waals surface area contributed by atoms with Gasteiger partial charge >= 0.3 is 0 Å². The third-order valence-electron chi connectivity index (χ3n) is 3.94. The van der Waals surface area contributed by atoms with Crippen LogP contribution in [0.3, 0.4) is 0 Å². The maximum atomic E-state index is 12.2. The van der Waals surface area contributed by atoms with Gasteiger partial charge in [-0.25, -0.2) is 0 Å². The largest absolute Gasteiger partial charge is 0.349 e. The summed E-state index contributed by atoms with van der Waals surface area (Å²) in [6.07, 6.45) is 3.16. The van der Waals surface area contributed by atoms with Crippen LogP contribution in [0.2, 0.25) is 0 Å². The van der Waals surface area contributed by atoms with Crippen molar-refractivity contribution in [3.63, 3.8) is 0 Å². The zero-order valence-electron chi connectivity index (χ0n) is 12.2. The van der Waals surface area contributed by atoms with Gasteiger partial charge in [0, 0.05) is 24.0 Å². The van der Waals surface area contributed by atoms with Crippen LogP contribution in [-0.2, 0) is 6.42 Å². The second-order valence-electron chi connectivity index (χ2n) is 5.25. The maximum absolute atomic E-state index is 12.2. The van der Waals surface area contributed by atoms with Crippen LogP contribution < -0.4 is 5.32 Å². The van der Waals surface area contributed by atoms with Gasteiger partial charge in [-0.3, -0.25) is 4.79 Å². The van der Waals surface area contributed by atoms with E-state index in [1.165, 1.54) is 10.4 Å². The predicted octanol–water partition coefficient (Wildman–Crippen LogP) is 2.83. The fourth-order valence-corrected chi connectivity index (χ4v) is 3.65. The van der Waals surface area contributed by atoms with E-state index in [0.29, 0.717) is 6.04 Å². The third-order valence-corrected chi connectivity index (χ3v) is 5.32. The summed E-state index contributed by atoms with van der Waals surface area (Å²) in [4.78, 5) is 16.9. The number of nitrogens with one attached hydrogen (secondary N) is 1. The number of carbonyl (C=O) groups excluding carboxylic acids is 1. The molecule has 3 nitrogen and oxygen atoms in total. The van der Waals surface area contributed by atoms with Crippen LogP contribution in [0.4, 0.5) is 0 Å². The molecule has 0 atom stereocenters. The van der Waals surface area contributed by atoms with Crippen molar-refractivity contribution in [2.24, 2.45) is 0 Å². The van der Waals surface area contributed by atoms with Crippen molar-refractivity contribution in [2.45, 2.75) is 46.1 Å². The van der Waals surface area contributed by atoms with Crippen molar-refractivity contribution in [3.8, 4) is 0 Å². The molecule has 1 N–H and O–H groups in total. The molecule has 0 bridgehead atoms. The lowest BCUT2D eigenvalue weighted by Crippen LogP contribution is -2.44. The van der Waals surface area contributed by atoms with E-state index < -0.39 is 0 Å². The lowest BCUT2D eigenvalue weighted by molar-refractivity contribution is 0.0917. The number of thiophene rings is 1. The first-order valence-electron chi connectivity index (χ1n) is 7.26. The molecule has 4 heteroatoms. The fraction of sp³-hybridized carbons (Fsp3) is 0.667. The average Bonchev–Trinajstić information content (AvgIpc) is 2.81. The van der Waals surface area contributed by atoms with Crippen LogP contribution in [0, 0.1) is 6.92 Å². The van der Waals surface area contributed by atoms with E-state index in [0.717, 1.165) is 43.8 Å². The molecule has 106 valence electrons. The monoisotopic (exact) mass is 280 g/mol. The van der Waals surface area contributed by atoms with Gasteiger partial charge in [0.15, 0.2) is 0 Å². The molecule has 2 rings (SSSR count). The Morgan fingerprint density at radius 1 is 1.42 bits per heavy atom. The van der Waals surface area contributed by atoms with Crippen molar-refractivity contribution in [3.05, 3.63) is 21.4 Å². The third kappa shape index (κ3) is 3.57. The Bertz CT molecular complexity index is 433. The molecule has 1 saturated heterocycles. The Kier molecular flexibility index (Phi) is 4.99. The van der Waals surface area contributed by atoms with Gasteiger partial charge in [0.2, 0.25) is 0 Å². The van der Waals surface area contributed by atoms with E-state index in [2.05, 4.69) is 31.0 Å². The van der Waals surface area contributed by atoms with Gasteiger partial charge in [-0.1, -0.05) is 13.8 Å². The van der Waals surface area contributed by atoms with Crippen molar-refractivity contribution >= 4 is 17.2 Å². The van der Waals surface area contributed by atoms with Gasteiger partial charge in [-0.2, -0.15) is 0 Å². The normalized spacial score (nSPS) is 17.6. The standard InChI is InChI=1S/C15H24N2OS/c1-4-13-11(3)10-14(19-13)15(18)16-12-6-8-17(5-2)9-7-12/h10,12H,4-9H2,1-3H3,(H,16,18). The SMILES string of the molecule is CCc1sc(C(=O)NC2CCN(CC)CC2)cc1C. The Morgan fingerprint density at radius 2 is 2.11 bits per heavy atom. The highest BCUT2D eigenvalue weighted by Crippen LogP contribution is 2.22. The van der Waals surface area contributed by atoms with E-state index in [-0.39, 0.29) is 5.91 Å². The highest BCUT2D eigenvalue weighted by atomic mass is 32.1. The Hall–Kier alpha value is -0.870. The van der Waals surface area contributed by atoms with E-state index in [1.54, 1.807) is 11.3 Å². The summed E-state index contributed by atoms with van der Waals surface area (Å²) < 4.78 is 0. The second-order valence-corrected chi connectivity index (χ2v) is 6.39. The average molecular weight is 280 g/mol. The fourth-order valence-electron chi connectivity index (χ4n) is 2.63. The minimum absolute atomic E-state index is 0.114. The molecule has 0 saturated carbocycles. The van der Waals surface area contributed by atoms with Gasteiger partial charge in [0.05, 0.1) is 4.88 Å². The molecule has 1 fully saturated rings. The van der Waals surface area contributed by atoms with E-state index in [1.807, 2.05) is 6.07 Å². The number of rotatable bonds is 4. The van der Waals surface area contributed by atoms with Gasteiger partial charge in [-0.15, -0.1) is 11.3 Å². The number of hydrogen-bond donors (Lipinski definition) is 1. The smallest absolute Gasteiger partial charge is 0.261 e. The molecule has 1 aliphatic heterocycles. The lowest BCUT2D eigenvalue weighted by atomic mass is 10.1. The summed E-state index contributed by atoms with van der Waals surface area (Å²) in [6, 6.07) is 2.38. The summed E-state index contributed by atoms with van der Waals surface area (Å²) in [6.45, 7) is 9.74. The molecule has 0 aromatic carbocycles. The first kappa shape index (κ1) is 14.5. The van der Waals surface area contributed by atoms with Crippen LogP contribution in [0.15, 0.2) is 6.07 Å². The molecule has 19 heavy (non-hydrogen) atoms. The second kappa shape index (κ2) is 6.53. The molecule has 0 radical (unpaired) electrons. The summed E-state index contributed by atoms with van der Waals surface area (Å²) in [5.74, 6) is 0.114. The minimum atomic E-state index is 0.114. The van der Waals surface area contributed by atoms with Gasteiger partial charge in [0.25, 0.3) is 5.91 Å². The molecule has 0 spiro atoms. The van der Waals surface area contributed by atoms with Gasteiger partial charge < -0.3 is 10.2 Å². The van der Waals surface area contributed by atoms with Crippen molar-refractivity contribution in [1.82, 2.24) is 10.2 Å². The van der Waals surface area contributed by atoms with Crippen molar-refractivity contribution in [1.29, 1.82) is 0 Å².